The summed E-state index contributed by atoms with van der Waals surface area (Å²) in [6, 6.07) is 0. The summed E-state index contributed by atoms with van der Waals surface area (Å²) >= 11 is 0. The first kappa shape index (κ1) is 6.34. The molecule has 0 aromatic carbocycles. The largest absolute Gasteiger partial charge is 0.477 e. The van der Waals surface area contributed by atoms with Crippen LogP contribution in [0.4, 0.5) is 0 Å². The molecule has 1 aliphatic heterocycles. The third-order valence-electron chi connectivity index (χ3n) is 3.02. The van der Waals surface area contributed by atoms with Gasteiger partial charge in [0.25, 0.3) is 0 Å². The molecule has 2 saturated carbocycles. The summed E-state index contributed by atoms with van der Waals surface area (Å²) in [5.41, 5.74) is 1.30. The highest BCUT2D eigenvalue weighted by Gasteiger charge is 2.55. The first-order valence-electron chi connectivity index (χ1n) is 4.16. The lowest BCUT2D eigenvalue weighted by atomic mass is 9.97. The molecule has 3 aliphatic rings. The van der Waals surface area contributed by atoms with Crippen molar-refractivity contribution in [2.75, 3.05) is 0 Å². The van der Waals surface area contributed by atoms with E-state index in [0.717, 1.165) is 18.1 Å². The first-order chi connectivity index (χ1) is 5.77. The standard InChI is InChI=1S/C8H8N2O2/c11-8(12)7-5-2-3-1-4(3)6(5)9-10-7/h3-5H,1-2H2,(H,11,12). The molecule has 12 heavy (non-hydrogen) atoms. The van der Waals surface area contributed by atoms with Crippen molar-refractivity contribution >= 4 is 17.4 Å². The zero-order valence-electron chi connectivity index (χ0n) is 6.40. The molecule has 4 nitrogen and oxygen atoms in total. The molecule has 0 aromatic heterocycles. The minimum absolute atomic E-state index is 0.0613. The average Bonchev–Trinajstić information content (AvgIpc) is 2.54. The summed E-state index contributed by atoms with van der Waals surface area (Å²) in [6.45, 7) is 0. The normalized spacial score (nSPS) is 41.5. The van der Waals surface area contributed by atoms with Gasteiger partial charge in [-0.2, -0.15) is 5.10 Å². The molecule has 3 rings (SSSR count). The molecule has 3 atom stereocenters. The fourth-order valence-electron chi connectivity index (χ4n) is 2.32. The van der Waals surface area contributed by atoms with Crippen LogP contribution < -0.4 is 0 Å². The second-order valence-electron chi connectivity index (χ2n) is 3.71. The van der Waals surface area contributed by atoms with Crippen LogP contribution in [0.2, 0.25) is 0 Å². The van der Waals surface area contributed by atoms with E-state index in [2.05, 4.69) is 10.2 Å². The van der Waals surface area contributed by atoms with Crippen LogP contribution in [-0.4, -0.2) is 22.5 Å². The lowest BCUT2D eigenvalue weighted by molar-refractivity contribution is -0.129. The minimum Gasteiger partial charge on any atom is -0.477 e. The fourth-order valence-corrected chi connectivity index (χ4v) is 2.32. The summed E-state index contributed by atoms with van der Waals surface area (Å²) in [6.07, 6.45) is 2.17. The van der Waals surface area contributed by atoms with E-state index in [-0.39, 0.29) is 11.6 Å². The van der Waals surface area contributed by atoms with Crippen molar-refractivity contribution < 1.29 is 9.90 Å². The first-order valence-corrected chi connectivity index (χ1v) is 4.16. The minimum atomic E-state index is -0.903. The van der Waals surface area contributed by atoms with Crippen molar-refractivity contribution in [3.8, 4) is 0 Å². The van der Waals surface area contributed by atoms with Crippen molar-refractivity contribution in [1.82, 2.24) is 0 Å². The molecule has 0 radical (unpaired) electrons. The van der Waals surface area contributed by atoms with Crippen LogP contribution in [0.15, 0.2) is 10.2 Å². The Kier molecular flexibility index (Phi) is 0.929. The van der Waals surface area contributed by atoms with Crippen LogP contribution in [0.5, 0.6) is 0 Å². The maximum absolute atomic E-state index is 10.7. The molecule has 2 fully saturated rings. The third-order valence-corrected chi connectivity index (χ3v) is 3.02. The van der Waals surface area contributed by atoms with Gasteiger partial charge in [0.1, 0.15) is 0 Å². The van der Waals surface area contributed by atoms with Crippen LogP contribution in [0.25, 0.3) is 0 Å². The number of carbonyl (C=O) groups is 1. The number of hydrogen-bond donors (Lipinski definition) is 1. The van der Waals surface area contributed by atoms with Gasteiger partial charge in [-0.25, -0.2) is 4.79 Å². The van der Waals surface area contributed by atoms with E-state index in [1.807, 2.05) is 0 Å². The van der Waals surface area contributed by atoms with Gasteiger partial charge in [0.05, 0.1) is 11.6 Å². The van der Waals surface area contributed by atoms with Gasteiger partial charge in [-0.3, -0.25) is 0 Å². The van der Waals surface area contributed by atoms with Crippen LogP contribution in [0.3, 0.4) is 0 Å². The molecule has 0 aromatic rings. The van der Waals surface area contributed by atoms with Crippen molar-refractivity contribution in [2.45, 2.75) is 12.8 Å². The average molecular weight is 164 g/mol. The van der Waals surface area contributed by atoms with Crippen molar-refractivity contribution in [1.29, 1.82) is 0 Å². The van der Waals surface area contributed by atoms with Gasteiger partial charge < -0.3 is 5.11 Å². The lowest BCUT2D eigenvalue weighted by Crippen LogP contribution is -2.24. The summed E-state index contributed by atoms with van der Waals surface area (Å²) in [4.78, 5) is 10.7. The molecule has 0 bridgehead atoms. The highest BCUT2D eigenvalue weighted by atomic mass is 16.4. The lowest BCUT2D eigenvalue weighted by Gasteiger charge is -2.04. The maximum atomic E-state index is 10.7. The van der Waals surface area contributed by atoms with Crippen molar-refractivity contribution in [3.05, 3.63) is 0 Å². The van der Waals surface area contributed by atoms with Gasteiger partial charge in [0, 0.05) is 5.92 Å². The Balaban J connectivity index is 1.93. The molecule has 0 amide bonds. The molecule has 0 saturated heterocycles. The van der Waals surface area contributed by atoms with Gasteiger partial charge >= 0.3 is 5.97 Å². The van der Waals surface area contributed by atoms with Gasteiger partial charge in [-0.1, -0.05) is 0 Å². The fraction of sp³-hybridized carbons (Fsp3) is 0.625. The van der Waals surface area contributed by atoms with E-state index in [1.54, 1.807) is 0 Å². The Bertz CT molecular complexity index is 332. The van der Waals surface area contributed by atoms with Gasteiger partial charge in [0.15, 0.2) is 5.71 Å². The monoisotopic (exact) mass is 164 g/mol. The van der Waals surface area contributed by atoms with E-state index in [1.165, 1.54) is 6.42 Å². The number of rotatable bonds is 1. The second kappa shape index (κ2) is 1.76. The smallest absolute Gasteiger partial charge is 0.352 e. The molecule has 1 heterocycles. The quantitative estimate of drug-likeness (QED) is 0.614. The Hall–Kier alpha value is -1.19. The maximum Gasteiger partial charge on any atom is 0.352 e. The van der Waals surface area contributed by atoms with E-state index < -0.39 is 5.97 Å². The predicted octanol–water partition coefficient (Wildman–Crippen LogP) is 0.538. The molecule has 3 unspecified atom stereocenters. The van der Waals surface area contributed by atoms with Gasteiger partial charge in [-0.05, 0) is 18.8 Å². The van der Waals surface area contributed by atoms with Crippen LogP contribution in [0.1, 0.15) is 12.8 Å². The molecular weight excluding hydrogens is 156 g/mol. The molecule has 4 heteroatoms. The molecular formula is C8H8N2O2. The zero-order chi connectivity index (χ0) is 8.29. The molecule has 2 aliphatic carbocycles. The van der Waals surface area contributed by atoms with E-state index in [4.69, 9.17) is 5.11 Å². The zero-order valence-corrected chi connectivity index (χ0v) is 6.40. The van der Waals surface area contributed by atoms with E-state index >= 15 is 0 Å². The summed E-state index contributed by atoms with van der Waals surface area (Å²) in [7, 11) is 0. The predicted molar refractivity (Wildman–Crippen MR) is 42.2 cm³/mol. The molecule has 62 valence electrons. The Morgan fingerprint density at radius 3 is 3.00 bits per heavy atom. The Labute approximate surface area is 69.0 Å². The number of nitrogens with zero attached hydrogens (tertiary/aromatic N) is 2. The second-order valence-corrected chi connectivity index (χ2v) is 3.71. The number of carboxylic acid groups (broad SMARTS) is 1. The topological polar surface area (TPSA) is 62.0 Å². The van der Waals surface area contributed by atoms with E-state index in [0.29, 0.717) is 5.92 Å². The van der Waals surface area contributed by atoms with Crippen molar-refractivity contribution in [2.24, 2.45) is 28.0 Å². The number of carboxylic acids is 1. The number of hydrogen-bond acceptors (Lipinski definition) is 3. The Morgan fingerprint density at radius 1 is 1.42 bits per heavy atom. The number of fused-ring (bicyclic) bond motifs is 3. The van der Waals surface area contributed by atoms with Gasteiger partial charge in [0.2, 0.25) is 0 Å². The summed E-state index contributed by atoms with van der Waals surface area (Å²) < 4.78 is 0. The summed E-state index contributed by atoms with van der Waals surface area (Å²) in [5.74, 6) is 0.459. The van der Waals surface area contributed by atoms with E-state index in [9.17, 15) is 4.79 Å². The van der Waals surface area contributed by atoms with Crippen LogP contribution in [-0.2, 0) is 4.79 Å². The third kappa shape index (κ3) is 0.605. The highest BCUT2D eigenvalue weighted by Crippen LogP contribution is 2.54. The summed E-state index contributed by atoms with van der Waals surface area (Å²) in [5, 5.41) is 16.4. The van der Waals surface area contributed by atoms with Crippen LogP contribution >= 0.6 is 0 Å². The Morgan fingerprint density at radius 2 is 2.25 bits per heavy atom. The highest BCUT2D eigenvalue weighted by molar-refractivity contribution is 6.42. The number of aliphatic carboxylic acids is 1. The molecule has 0 spiro atoms. The van der Waals surface area contributed by atoms with Gasteiger partial charge in [-0.15, -0.1) is 5.10 Å². The van der Waals surface area contributed by atoms with Crippen LogP contribution in [0, 0.1) is 17.8 Å². The van der Waals surface area contributed by atoms with Crippen molar-refractivity contribution in [3.63, 3.8) is 0 Å². The SMILES string of the molecule is O=C(O)C1=NN=C2C1CC1CC21. The molecule has 1 N–H and O–H groups in total.